The Morgan fingerprint density at radius 2 is 1.84 bits per heavy atom. The van der Waals surface area contributed by atoms with Crippen LogP contribution in [-0.4, -0.2) is 33.1 Å². The molecule has 226 valence electrons. The van der Waals surface area contributed by atoms with Crippen LogP contribution in [0.5, 0.6) is 0 Å². The first kappa shape index (κ1) is 29.0. The number of benzene rings is 2. The Labute approximate surface area is 249 Å². The summed E-state index contributed by atoms with van der Waals surface area (Å²) in [5, 5.41) is 7.15. The van der Waals surface area contributed by atoms with Gasteiger partial charge in [-0.1, -0.05) is 18.1 Å². The van der Waals surface area contributed by atoms with Crippen molar-refractivity contribution >= 4 is 28.5 Å². The van der Waals surface area contributed by atoms with Crippen molar-refractivity contribution in [2.75, 3.05) is 11.4 Å². The highest BCUT2D eigenvalue weighted by Gasteiger charge is 2.37. The maximum absolute atomic E-state index is 14.4. The maximum Gasteiger partial charge on any atom is 0.227 e. The monoisotopic (exact) mass is 589 g/mol. The minimum atomic E-state index is -0.994. The first-order valence-corrected chi connectivity index (χ1v) is 15.3. The van der Waals surface area contributed by atoms with Gasteiger partial charge >= 0.3 is 0 Å². The number of piperidine rings is 1. The van der Waals surface area contributed by atoms with E-state index in [1.54, 1.807) is 4.90 Å². The number of rotatable bonds is 7. The minimum absolute atomic E-state index is 0.0258. The smallest absolute Gasteiger partial charge is 0.227 e. The van der Waals surface area contributed by atoms with Crippen molar-refractivity contribution in [2.45, 2.75) is 84.2 Å². The fourth-order valence-corrected chi connectivity index (χ4v) is 6.85. The highest BCUT2D eigenvalue weighted by molar-refractivity contribution is 5.95. The number of anilines is 1. The van der Waals surface area contributed by atoms with Gasteiger partial charge in [-0.2, -0.15) is 0 Å². The van der Waals surface area contributed by atoms with Crippen molar-refractivity contribution in [1.29, 1.82) is 0 Å². The van der Waals surface area contributed by atoms with E-state index in [0.29, 0.717) is 31.5 Å². The molecule has 2 fully saturated rings. The van der Waals surface area contributed by atoms with Gasteiger partial charge in [0.2, 0.25) is 11.8 Å². The van der Waals surface area contributed by atoms with E-state index in [4.69, 9.17) is 9.51 Å². The molecule has 3 heterocycles. The van der Waals surface area contributed by atoms with Crippen LogP contribution in [-0.2, 0) is 9.59 Å². The van der Waals surface area contributed by atoms with E-state index in [-0.39, 0.29) is 23.8 Å². The number of fused-ring (bicyclic) bond motifs is 1. The molecule has 1 unspecified atom stereocenters. The van der Waals surface area contributed by atoms with Crippen LogP contribution in [0.1, 0.15) is 87.7 Å². The van der Waals surface area contributed by atoms with Crippen LogP contribution in [0.3, 0.4) is 0 Å². The fourth-order valence-electron chi connectivity index (χ4n) is 6.85. The van der Waals surface area contributed by atoms with E-state index < -0.39 is 17.7 Å². The number of hydrogen-bond donors (Lipinski definition) is 1. The molecule has 1 N–H and O–H groups in total. The van der Waals surface area contributed by atoms with Gasteiger partial charge in [0.25, 0.3) is 0 Å². The zero-order valence-corrected chi connectivity index (χ0v) is 24.8. The Bertz CT molecular complexity index is 1650. The van der Waals surface area contributed by atoms with E-state index in [1.165, 1.54) is 6.07 Å². The second-order valence-electron chi connectivity index (χ2n) is 11.8. The molecule has 2 aromatic heterocycles. The lowest BCUT2D eigenvalue weighted by Gasteiger charge is -2.37. The number of halogens is 2. The van der Waals surface area contributed by atoms with Gasteiger partial charge in [0.15, 0.2) is 11.6 Å². The van der Waals surface area contributed by atoms with Crippen LogP contribution in [0.15, 0.2) is 40.9 Å². The predicted octanol–water partition coefficient (Wildman–Crippen LogP) is 7.10. The number of hydrogen-bond acceptors (Lipinski definition) is 5. The van der Waals surface area contributed by atoms with E-state index in [1.807, 2.05) is 32.9 Å². The predicted molar refractivity (Wildman–Crippen MR) is 159 cm³/mol. The first-order valence-electron chi connectivity index (χ1n) is 15.3. The number of aryl methyl sites for hydroxylation is 2. The van der Waals surface area contributed by atoms with Crippen LogP contribution >= 0.6 is 0 Å². The summed E-state index contributed by atoms with van der Waals surface area (Å²) in [5.74, 6) is -0.560. The Morgan fingerprint density at radius 1 is 1.05 bits per heavy atom. The van der Waals surface area contributed by atoms with Gasteiger partial charge in [0.05, 0.1) is 22.8 Å². The average Bonchev–Trinajstić information content (AvgIpc) is 3.55. The van der Waals surface area contributed by atoms with Crippen LogP contribution < -0.4 is 10.2 Å². The number of aromatic nitrogens is 3. The number of carbonyl (C=O) groups excluding carboxylic acids is 2. The molecule has 10 heteroatoms. The lowest BCUT2D eigenvalue weighted by Crippen LogP contribution is -2.40. The standard InChI is InChI=1S/C33H37F2N5O3/c1-4-16-36-33(42)21-8-11-23(12-9-21)40-28-15-10-22(31-19(2)38-43-20(31)3)17-27(28)37-32(40)29-6-5-7-30(41)39(29)24-13-14-25(34)26(35)18-24/h10,13-15,17-18,21,23,29H,4-9,11-12,16H2,1-3H3,(H,36,42). The third-order valence-corrected chi connectivity index (χ3v) is 8.95. The quantitative estimate of drug-likeness (QED) is 0.248. The SMILES string of the molecule is CCCNC(=O)C1CCC(n2c(C3CCCC(=O)N3c3ccc(F)c(F)c3)nc3cc(-c4c(C)noc4C)ccc32)CC1. The average molecular weight is 590 g/mol. The van der Waals surface area contributed by atoms with Crippen LogP contribution in [0, 0.1) is 31.4 Å². The Kier molecular flexibility index (Phi) is 8.03. The summed E-state index contributed by atoms with van der Waals surface area (Å²) in [7, 11) is 0. The highest BCUT2D eigenvalue weighted by atomic mass is 19.2. The zero-order chi connectivity index (χ0) is 30.2. The number of nitrogens with one attached hydrogen (secondary N) is 1. The van der Waals surface area contributed by atoms with Crippen LogP contribution in [0.25, 0.3) is 22.2 Å². The second-order valence-corrected chi connectivity index (χ2v) is 11.8. The summed E-state index contributed by atoms with van der Waals surface area (Å²) >= 11 is 0. The summed E-state index contributed by atoms with van der Waals surface area (Å²) in [6, 6.07) is 9.35. The molecule has 1 atom stereocenters. The summed E-state index contributed by atoms with van der Waals surface area (Å²) in [5.41, 5.74) is 4.69. The van der Waals surface area contributed by atoms with Gasteiger partial charge in [-0.15, -0.1) is 0 Å². The molecule has 0 radical (unpaired) electrons. The molecule has 2 aliphatic rings. The van der Waals surface area contributed by atoms with Crippen molar-refractivity contribution in [3.05, 3.63) is 65.3 Å². The molecule has 2 amide bonds. The molecule has 1 saturated carbocycles. The third kappa shape index (κ3) is 5.43. The third-order valence-electron chi connectivity index (χ3n) is 8.95. The summed E-state index contributed by atoms with van der Waals surface area (Å²) in [6.45, 7) is 6.51. The molecule has 0 spiro atoms. The number of nitrogens with zero attached hydrogens (tertiary/aromatic N) is 4. The topological polar surface area (TPSA) is 93.3 Å². The van der Waals surface area contributed by atoms with Gasteiger partial charge in [-0.05, 0) is 88.6 Å². The van der Waals surface area contributed by atoms with Crippen LogP contribution in [0.4, 0.5) is 14.5 Å². The molecule has 0 bridgehead atoms. The molecule has 43 heavy (non-hydrogen) atoms. The van der Waals surface area contributed by atoms with Crippen molar-refractivity contribution in [3.8, 4) is 11.1 Å². The molecule has 2 aromatic carbocycles. The number of carbonyl (C=O) groups is 2. The molecule has 8 nitrogen and oxygen atoms in total. The van der Waals surface area contributed by atoms with Crippen LogP contribution in [0.2, 0.25) is 0 Å². The lowest BCUT2D eigenvalue weighted by molar-refractivity contribution is -0.126. The number of amides is 2. The summed E-state index contributed by atoms with van der Waals surface area (Å²) < 4.78 is 35.9. The molecule has 1 saturated heterocycles. The molecule has 1 aliphatic carbocycles. The second kappa shape index (κ2) is 11.9. The van der Waals surface area contributed by atoms with E-state index in [0.717, 1.165) is 83.7 Å². The Hall–Kier alpha value is -4.08. The van der Waals surface area contributed by atoms with Crippen molar-refractivity contribution in [1.82, 2.24) is 20.0 Å². The van der Waals surface area contributed by atoms with Gasteiger partial charge in [0.1, 0.15) is 11.6 Å². The summed E-state index contributed by atoms with van der Waals surface area (Å²) in [4.78, 5) is 32.8. The largest absolute Gasteiger partial charge is 0.361 e. The highest BCUT2D eigenvalue weighted by Crippen LogP contribution is 2.42. The van der Waals surface area contributed by atoms with Gasteiger partial charge in [-0.3, -0.25) is 9.59 Å². The lowest BCUT2D eigenvalue weighted by atomic mass is 9.85. The number of imidazole rings is 1. The van der Waals surface area contributed by atoms with Gasteiger partial charge in [0, 0.05) is 42.2 Å². The van der Waals surface area contributed by atoms with E-state index >= 15 is 0 Å². The summed E-state index contributed by atoms with van der Waals surface area (Å²) in [6.07, 6.45) is 5.63. The van der Waals surface area contributed by atoms with E-state index in [9.17, 15) is 18.4 Å². The fraction of sp³-hybridized carbons (Fsp3) is 0.455. The molecule has 1 aliphatic heterocycles. The normalized spacial score (nSPS) is 21.0. The minimum Gasteiger partial charge on any atom is -0.361 e. The molecule has 4 aromatic rings. The van der Waals surface area contributed by atoms with Gasteiger partial charge < -0.3 is 19.3 Å². The molecular formula is C33H37F2N5O3. The van der Waals surface area contributed by atoms with Gasteiger partial charge in [-0.25, -0.2) is 13.8 Å². The first-order chi connectivity index (χ1) is 20.8. The zero-order valence-electron chi connectivity index (χ0n) is 24.8. The van der Waals surface area contributed by atoms with Crippen molar-refractivity contribution in [2.24, 2.45) is 5.92 Å². The Balaban J connectivity index is 1.43. The van der Waals surface area contributed by atoms with E-state index in [2.05, 4.69) is 21.1 Å². The maximum atomic E-state index is 14.4. The van der Waals surface area contributed by atoms with Crippen molar-refractivity contribution in [3.63, 3.8) is 0 Å². The Morgan fingerprint density at radius 3 is 2.53 bits per heavy atom. The molecular weight excluding hydrogens is 552 g/mol. The van der Waals surface area contributed by atoms with Crippen molar-refractivity contribution < 1.29 is 22.9 Å². The molecule has 6 rings (SSSR count).